The highest BCUT2D eigenvalue weighted by Gasteiger charge is 2.25. The standard InChI is InChI=1S/C17H30N2O2/c20-17(19-8-1-2-9-19)4-3-15-5-10-18(11-6-15)13-16-7-12-21-14-16/h15-16H,1-14H2. The van der Waals surface area contributed by atoms with Crippen LogP contribution < -0.4 is 0 Å². The summed E-state index contributed by atoms with van der Waals surface area (Å²) in [5.41, 5.74) is 0. The van der Waals surface area contributed by atoms with Gasteiger partial charge in [-0.2, -0.15) is 0 Å². The van der Waals surface area contributed by atoms with E-state index < -0.39 is 0 Å². The van der Waals surface area contributed by atoms with Gasteiger partial charge < -0.3 is 14.5 Å². The maximum Gasteiger partial charge on any atom is 0.222 e. The number of rotatable bonds is 5. The fourth-order valence-corrected chi connectivity index (χ4v) is 4.00. The number of nitrogens with zero attached hydrogens (tertiary/aromatic N) is 2. The van der Waals surface area contributed by atoms with Crippen LogP contribution in [-0.2, 0) is 9.53 Å². The van der Waals surface area contributed by atoms with Crippen molar-refractivity contribution in [2.75, 3.05) is 45.9 Å². The van der Waals surface area contributed by atoms with Crippen LogP contribution in [0.1, 0.15) is 44.9 Å². The highest BCUT2D eigenvalue weighted by molar-refractivity contribution is 5.76. The molecular weight excluding hydrogens is 264 g/mol. The lowest BCUT2D eigenvalue weighted by Crippen LogP contribution is -2.37. The fourth-order valence-electron chi connectivity index (χ4n) is 4.00. The Kier molecular flexibility index (Phi) is 5.53. The van der Waals surface area contributed by atoms with Crippen LogP contribution >= 0.6 is 0 Å². The zero-order valence-corrected chi connectivity index (χ0v) is 13.3. The molecule has 4 nitrogen and oxygen atoms in total. The molecule has 0 aromatic carbocycles. The van der Waals surface area contributed by atoms with Crippen LogP contribution in [0.15, 0.2) is 0 Å². The van der Waals surface area contributed by atoms with Gasteiger partial charge in [-0.3, -0.25) is 4.79 Å². The Labute approximate surface area is 128 Å². The number of likely N-dealkylation sites (tertiary alicyclic amines) is 2. The van der Waals surface area contributed by atoms with E-state index in [4.69, 9.17) is 4.74 Å². The number of piperidine rings is 1. The van der Waals surface area contributed by atoms with E-state index in [1.165, 1.54) is 51.7 Å². The summed E-state index contributed by atoms with van der Waals surface area (Å²) in [6.07, 6.45) is 8.09. The molecule has 3 rings (SSSR count). The van der Waals surface area contributed by atoms with Crippen molar-refractivity contribution in [3.63, 3.8) is 0 Å². The van der Waals surface area contributed by atoms with Gasteiger partial charge in [0.1, 0.15) is 0 Å². The number of ether oxygens (including phenoxy) is 1. The van der Waals surface area contributed by atoms with E-state index in [1.807, 2.05) is 0 Å². The minimum Gasteiger partial charge on any atom is -0.381 e. The van der Waals surface area contributed by atoms with Gasteiger partial charge >= 0.3 is 0 Å². The maximum atomic E-state index is 12.1. The SMILES string of the molecule is O=C(CCC1CCN(CC2CCOC2)CC1)N1CCCC1. The Morgan fingerprint density at radius 1 is 1.00 bits per heavy atom. The highest BCUT2D eigenvalue weighted by Crippen LogP contribution is 2.24. The van der Waals surface area contributed by atoms with Gasteiger partial charge in [-0.1, -0.05) is 0 Å². The van der Waals surface area contributed by atoms with Crippen molar-refractivity contribution in [1.82, 2.24) is 9.80 Å². The molecule has 4 heteroatoms. The maximum absolute atomic E-state index is 12.1. The first-order valence-electron chi connectivity index (χ1n) is 8.89. The van der Waals surface area contributed by atoms with E-state index in [-0.39, 0.29) is 0 Å². The van der Waals surface area contributed by atoms with Crippen molar-refractivity contribution in [2.24, 2.45) is 11.8 Å². The topological polar surface area (TPSA) is 32.8 Å². The molecule has 0 N–H and O–H groups in total. The molecule has 0 aromatic rings. The molecule has 0 radical (unpaired) electrons. The minimum absolute atomic E-state index is 0.401. The van der Waals surface area contributed by atoms with Crippen molar-refractivity contribution in [3.05, 3.63) is 0 Å². The Bertz CT molecular complexity index is 328. The van der Waals surface area contributed by atoms with Gasteiger partial charge in [0.2, 0.25) is 5.91 Å². The second-order valence-corrected chi connectivity index (χ2v) is 7.10. The number of hydrogen-bond acceptors (Lipinski definition) is 3. The van der Waals surface area contributed by atoms with Gasteiger partial charge in [0, 0.05) is 32.7 Å². The van der Waals surface area contributed by atoms with E-state index in [2.05, 4.69) is 9.80 Å². The molecule has 3 aliphatic heterocycles. The zero-order chi connectivity index (χ0) is 14.5. The molecule has 0 aliphatic carbocycles. The summed E-state index contributed by atoms with van der Waals surface area (Å²) in [6, 6.07) is 0. The van der Waals surface area contributed by atoms with E-state index in [9.17, 15) is 4.79 Å². The molecule has 3 heterocycles. The van der Waals surface area contributed by atoms with E-state index in [0.717, 1.165) is 51.0 Å². The summed E-state index contributed by atoms with van der Waals surface area (Å²) < 4.78 is 5.46. The molecule has 120 valence electrons. The summed E-state index contributed by atoms with van der Waals surface area (Å²) in [5, 5.41) is 0. The van der Waals surface area contributed by atoms with Crippen LogP contribution in [0.2, 0.25) is 0 Å². The average Bonchev–Trinajstić information content (AvgIpc) is 3.19. The lowest BCUT2D eigenvalue weighted by Gasteiger charge is -2.33. The normalized spacial score (nSPS) is 28.4. The third-order valence-electron chi connectivity index (χ3n) is 5.47. The third kappa shape index (κ3) is 4.43. The molecule has 1 unspecified atom stereocenters. The Hall–Kier alpha value is -0.610. The molecule has 1 amide bonds. The Morgan fingerprint density at radius 2 is 1.76 bits per heavy atom. The van der Waals surface area contributed by atoms with Crippen molar-refractivity contribution < 1.29 is 9.53 Å². The van der Waals surface area contributed by atoms with Crippen molar-refractivity contribution in [1.29, 1.82) is 0 Å². The summed E-state index contributed by atoms with van der Waals surface area (Å²) in [7, 11) is 0. The Morgan fingerprint density at radius 3 is 2.43 bits per heavy atom. The number of amides is 1. The monoisotopic (exact) mass is 294 g/mol. The van der Waals surface area contributed by atoms with Crippen LogP contribution in [0.3, 0.4) is 0 Å². The molecule has 3 fully saturated rings. The predicted octanol–water partition coefficient (Wildman–Crippen LogP) is 2.14. The van der Waals surface area contributed by atoms with Crippen molar-refractivity contribution in [2.45, 2.75) is 44.9 Å². The molecule has 0 bridgehead atoms. The molecule has 21 heavy (non-hydrogen) atoms. The predicted molar refractivity (Wildman–Crippen MR) is 83.1 cm³/mol. The largest absolute Gasteiger partial charge is 0.381 e. The molecule has 0 saturated carbocycles. The number of hydrogen-bond donors (Lipinski definition) is 0. The third-order valence-corrected chi connectivity index (χ3v) is 5.47. The molecule has 1 atom stereocenters. The van der Waals surface area contributed by atoms with Crippen LogP contribution in [0, 0.1) is 11.8 Å². The minimum atomic E-state index is 0.401. The quantitative estimate of drug-likeness (QED) is 0.779. The van der Waals surface area contributed by atoms with Crippen LogP contribution in [-0.4, -0.2) is 61.6 Å². The molecular formula is C17H30N2O2. The van der Waals surface area contributed by atoms with Crippen LogP contribution in [0.4, 0.5) is 0 Å². The lowest BCUT2D eigenvalue weighted by molar-refractivity contribution is -0.130. The summed E-state index contributed by atoms with van der Waals surface area (Å²) in [6.45, 7) is 7.59. The van der Waals surface area contributed by atoms with E-state index >= 15 is 0 Å². The van der Waals surface area contributed by atoms with Gasteiger partial charge in [-0.25, -0.2) is 0 Å². The molecule has 0 aromatic heterocycles. The van der Waals surface area contributed by atoms with Gasteiger partial charge in [0.15, 0.2) is 0 Å². The van der Waals surface area contributed by atoms with Crippen LogP contribution in [0.5, 0.6) is 0 Å². The summed E-state index contributed by atoms with van der Waals surface area (Å²) in [5.74, 6) is 1.93. The number of carbonyl (C=O) groups excluding carboxylic acids is 1. The highest BCUT2D eigenvalue weighted by atomic mass is 16.5. The smallest absolute Gasteiger partial charge is 0.222 e. The first-order chi connectivity index (χ1) is 10.3. The van der Waals surface area contributed by atoms with Crippen molar-refractivity contribution >= 4 is 5.91 Å². The summed E-state index contributed by atoms with van der Waals surface area (Å²) in [4.78, 5) is 16.8. The molecule has 0 spiro atoms. The average molecular weight is 294 g/mol. The Balaban J connectivity index is 1.31. The van der Waals surface area contributed by atoms with Gasteiger partial charge in [0.25, 0.3) is 0 Å². The number of carbonyl (C=O) groups is 1. The first kappa shape index (κ1) is 15.3. The van der Waals surface area contributed by atoms with E-state index in [0.29, 0.717) is 5.91 Å². The van der Waals surface area contributed by atoms with E-state index in [1.54, 1.807) is 0 Å². The van der Waals surface area contributed by atoms with Gasteiger partial charge in [-0.15, -0.1) is 0 Å². The molecule has 3 aliphatic rings. The fraction of sp³-hybridized carbons (Fsp3) is 0.941. The van der Waals surface area contributed by atoms with Gasteiger partial charge in [-0.05, 0) is 63.5 Å². The van der Waals surface area contributed by atoms with Gasteiger partial charge in [0.05, 0.1) is 6.61 Å². The summed E-state index contributed by atoms with van der Waals surface area (Å²) >= 11 is 0. The second-order valence-electron chi connectivity index (χ2n) is 7.10. The zero-order valence-electron chi connectivity index (χ0n) is 13.3. The first-order valence-corrected chi connectivity index (χ1v) is 8.89. The second kappa shape index (κ2) is 7.59. The lowest BCUT2D eigenvalue weighted by atomic mass is 9.91. The molecule has 3 saturated heterocycles. The van der Waals surface area contributed by atoms with Crippen molar-refractivity contribution in [3.8, 4) is 0 Å². The van der Waals surface area contributed by atoms with Crippen LogP contribution in [0.25, 0.3) is 0 Å².